The molecule has 1 saturated heterocycles. The van der Waals surface area contributed by atoms with E-state index in [0.29, 0.717) is 15.8 Å². The highest BCUT2D eigenvalue weighted by molar-refractivity contribution is 7.98. The molecule has 0 atom stereocenters. The summed E-state index contributed by atoms with van der Waals surface area (Å²) < 4.78 is 0. The van der Waals surface area contributed by atoms with Crippen LogP contribution in [0.5, 0.6) is 0 Å². The molecule has 3 rings (SSSR count). The average molecular weight is 395 g/mol. The molecular weight excluding hydrogens is 375 g/mol. The summed E-state index contributed by atoms with van der Waals surface area (Å²) in [5.41, 5.74) is 7.71. The predicted octanol–water partition coefficient (Wildman–Crippen LogP) is 4.85. The normalized spacial score (nSPS) is 15.4. The highest BCUT2D eigenvalue weighted by atomic mass is 35.5. The van der Waals surface area contributed by atoms with Crippen LogP contribution in [-0.4, -0.2) is 29.9 Å². The Balaban J connectivity index is 1.68. The number of benzene rings is 2. The van der Waals surface area contributed by atoms with Crippen LogP contribution < -0.4 is 5.73 Å². The quantitative estimate of drug-likeness (QED) is 0.753. The lowest BCUT2D eigenvalue weighted by atomic mass is 10.0. The summed E-state index contributed by atoms with van der Waals surface area (Å²) in [6, 6.07) is 13.5. The molecule has 132 valence electrons. The maximum atomic E-state index is 12.7. The molecule has 0 saturated carbocycles. The van der Waals surface area contributed by atoms with Gasteiger partial charge in [0.15, 0.2) is 0 Å². The van der Waals surface area contributed by atoms with Crippen LogP contribution >= 0.6 is 35.0 Å². The van der Waals surface area contributed by atoms with Gasteiger partial charge in [0.25, 0.3) is 5.91 Å². The minimum absolute atomic E-state index is 0.0783. The van der Waals surface area contributed by atoms with Gasteiger partial charge in [0, 0.05) is 35.3 Å². The molecule has 2 aromatic rings. The summed E-state index contributed by atoms with van der Waals surface area (Å²) >= 11 is 14.0. The lowest BCUT2D eigenvalue weighted by Crippen LogP contribution is -2.42. The van der Waals surface area contributed by atoms with Gasteiger partial charge in [-0.25, -0.2) is 0 Å². The number of hydrogen-bond acceptors (Lipinski definition) is 3. The topological polar surface area (TPSA) is 46.3 Å². The molecule has 1 aliphatic heterocycles. The van der Waals surface area contributed by atoms with Crippen LogP contribution in [0.2, 0.25) is 10.0 Å². The van der Waals surface area contributed by atoms with Crippen LogP contribution in [0.4, 0.5) is 0 Å². The Morgan fingerprint density at radius 1 is 1.12 bits per heavy atom. The van der Waals surface area contributed by atoms with Crippen LogP contribution in [-0.2, 0) is 5.75 Å². The molecule has 1 aliphatic rings. The number of rotatable bonds is 4. The van der Waals surface area contributed by atoms with Crippen molar-refractivity contribution in [2.45, 2.75) is 29.5 Å². The second-order valence-electron chi connectivity index (χ2n) is 6.17. The molecule has 0 bridgehead atoms. The van der Waals surface area contributed by atoms with Crippen LogP contribution in [0.3, 0.4) is 0 Å². The van der Waals surface area contributed by atoms with Crippen molar-refractivity contribution >= 4 is 40.9 Å². The lowest BCUT2D eigenvalue weighted by molar-refractivity contribution is 0.0714. The van der Waals surface area contributed by atoms with E-state index in [2.05, 4.69) is 0 Å². The number of nitrogens with two attached hydrogens (primary N) is 1. The summed E-state index contributed by atoms with van der Waals surface area (Å²) in [5.74, 6) is 0.782. The largest absolute Gasteiger partial charge is 0.339 e. The number of hydrogen-bond donors (Lipinski definition) is 1. The Morgan fingerprint density at radius 3 is 2.44 bits per heavy atom. The van der Waals surface area contributed by atoms with E-state index in [1.165, 1.54) is 0 Å². The molecule has 1 fully saturated rings. The molecule has 0 unspecified atom stereocenters. The van der Waals surface area contributed by atoms with Gasteiger partial charge in [-0.15, -0.1) is 11.8 Å². The number of carbonyl (C=O) groups is 1. The fourth-order valence-corrected chi connectivity index (χ4v) is 4.48. The van der Waals surface area contributed by atoms with Crippen molar-refractivity contribution in [1.29, 1.82) is 0 Å². The minimum Gasteiger partial charge on any atom is -0.339 e. The summed E-state index contributed by atoms with van der Waals surface area (Å²) in [6.07, 6.45) is 1.73. The van der Waals surface area contributed by atoms with Crippen LogP contribution in [0.25, 0.3) is 0 Å². The highest BCUT2D eigenvalue weighted by Gasteiger charge is 2.21. The van der Waals surface area contributed by atoms with E-state index < -0.39 is 0 Å². The summed E-state index contributed by atoms with van der Waals surface area (Å²) in [5, 5.41) is 1.30. The Morgan fingerprint density at radius 2 is 1.76 bits per heavy atom. The zero-order chi connectivity index (χ0) is 17.8. The number of carbonyl (C=O) groups excluding carboxylic acids is 1. The Bertz CT molecular complexity index is 741. The van der Waals surface area contributed by atoms with Crippen molar-refractivity contribution in [3.63, 3.8) is 0 Å². The van der Waals surface area contributed by atoms with Crippen LogP contribution in [0.15, 0.2) is 47.4 Å². The van der Waals surface area contributed by atoms with Crippen molar-refractivity contribution in [1.82, 2.24) is 4.90 Å². The number of halogens is 2. The van der Waals surface area contributed by atoms with Gasteiger partial charge in [0.2, 0.25) is 0 Å². The third-order valence-electron chi connectivity index (χ3n) is 4.30. The van der Waals surface area contributed by atoms with E-state index in [4.69, 9.17) is 28.9 Å². The van der Waals surface area contributed by atoms with Gasteiger partial charge < -0.3 is 10.6 Å². The maximum Gasteiger partial charge on any atom is 0.253 e. The number of nitrogens with zero attached hydrogens (tertiary/aromatic N) is 1. The van der Waals surface area contributed by atoms with Crippen molar-refractivity contribution in [2.24, 2.45) is 5.73 Å². The summed E-state index contributed by atoms with van der Waals surface area (Å²) in [6.45, 7) is 1.46. The lowest BCUT2D eigenvalue weighted by Gasteiger charge is -2.30. The molecule has 0 aromatic heterocycles. The number of piperidine rings is 1. The molecule has 2 aromatic carbocycles. The average Bonchev–Trinajstić information content (AvgIpc) is 2.62. The molecule has 2 N–H and O–H groups in total. The molecule has 1 amide bonds. The summed E-state index contributed by atoms with van der Waals surface area (Å²) in [4.78, 5) is 15.4. The smallest absolute Gasteiger partial charge is 0.253 e. The van der Waals surface area contributed by atoms with Crippen molar-refractivity contribution in [2.75, 3.05) is 13.1 Å². The SMILES string of the molecule is NC1CCN(C(=O)c2cccc(CSc3c(Cl)cccc3Cl)c2)CC1. The first kappa shape index (κ1) is 18.6. The van der Waals surface area contributed by atoms with Crippen LogP contribution in [0, 0.1) is 0 Å². The van der Waals surface area contributed by atoms with Crippen molar-refractivity contribution in [3.8, 4) is 0 Å². The molecule has 0 spiro atoms. The monoisotopic (exact) mass is 394 g/mol. The Labute approximate surface area is 162 Å². The molecule has 0 aliphatic carbocycles. The molecule has 0 radical (unpaired) electrons. The number of likely N-dealkylation sites (tertiary alicyclic amines) is 1. The maximum absolute atomic E-state index is 12.7. The van der Waals surface area contributed by atoms with E-state index in [0.717, 1.165) is 42.0 Å². The van der Waals surface area contributed by atoms with Crippen molar-refractivity contribution < 1.29 is 4.79 Å². The molecular formula is C19H20Cl2N2OS. The molecule has 25 heavy (non-hydrogen) atoms. The summed E-state index contributed by atoms with van der Waals surface area (Å²) in [7, 11) is 0. The first-order chi connectivity index (χ1) is 12.0. The Hall–Kier alpha value is -1.20. The molecule has 3 nitrogen and oxygen atoms in total. The van der Waals surface area contributed by atoms with Gasteiger partial charge in [0.05, 0.1) is 10.0 Å². The number of amides is 1. The van der Waals surface area contributed by atoms with E-state index >= 15 is 0 Å². The van der Waals surface area contributed by atoms with E-state index in [-0.39, 0.29) is 11.9 Å². The van der Waals surface area contributed by atoms with Gasteiger partial charge in [-0.3, -0.25) is 4.79 Å². The van der Waals surface area contributed by atoms with E-state index in [9.17, 15) is 4.79 Å². The van der Waals surface area contributed by atoms with Gasteiger partial charge in [-0.1, -0.05) is 41.4 Å². The van der Waals surface area contributed by atoms with Gasteiger partial charge >= 0.3 is 0 Å². The van der Waals surface area contributed by atoms with E-state index in [1.807, 2.05) is 47.4 Å². The first-order valence-electron chi connectivity index (χ1n) is 8.25. The second-order valence-corrected chi connectivity index (χ2v) is 7.97. The highest BCUT2D eigenvalue weighted by Crippen LogP contribution is 2.35. The second kappa shape index (κ2) is 8.45. The first-order valence-corrected chi connectivity index (χ1v) is 9.99. The fraction of sp³-hybridized carbons (Fsp3) is 0.316. The molecule has 1 heterocycles. The fourth-order valence-electron chi connectivity index (χ4n) is 2.86. The van der Waals surface area contributed by atoms with Crippen LogP contribution in [0.1, 0.15) is 28.8 Å². The van der Waals surface area contributed by atoms with Gasteiger partial charge in [0.1, 0.15) is 0 Å². The Kier molecular flexibility index (Phi) is 6.29. The van der Waals surface area contributed by atoms with Crippen molar-refractivity contribution in [3.05, 3.63) is 63.6 Å². The molecule has 6 heteroatoms. The van der Waals surface area contributed by atoms with Gasteiger partial charge in [-0.2, -0.15) is 0 Å². The van der Waals surface area contributed by atoms with Gasteiger partial charge in [-0.05, 0) is 42.7 Å². The standard InChI is InChI=1S/C19H20Cl2N2OS/c20-16-5-2-6-17(21)18(16)25-12-13-3-1-4-14(11-13)19(24)23-9-7-15(22)8-10-23/h1-6,11,15H,7-10,12,22H2. The third-order valence-corrected chi connectivity index (χ3v) is 6.36. The predicted molar refractivity (Wildman–Crippen MR) is 106 cm³/mol. The zero-order valence-corrected chi connectivity index (χ0v) is 16.1. The van der Waals surface area contributed by atoms with E-state index in [1.54, 1.807) is 11.8 Å². The zero-order valence-electron chi connectivity index (χ0n) is 13.8. The number of thioether (sulfide) groups is 1. The minimum atomic E-state index is 0.0783. The third kappa shape index (κ3) is 4.70.